The number of amides is 1. The van der Waals surface area contributed by atoms with Crippen molar-refractivity contribution in [2.45, 2.75) is 12.1 Å². The van der Waals surface area contributed by atoms with E-state index >= 15 is 0 Å². The van der Waals surface area contributed by atoms with Crippen molar-refractivity contribution in [3.05, 3.63) is 40.3 Å². The fourth-order valence-electron chi connectivity index (χ4n) is 3.12. The van der Waals surface area contributed by atoms with Gasteiger partial charge in [-0.2, -0.15) is 5.10 Å². The van der Waals surface area contributed by atoms with E-state index in [0.29, 0.717) is 6.54 Å². The summed E-state index contributed by atoms with van der Waals surface area (Å²) in [7, 11) is 3.63. The molecule has 3 rings (SSSR count). The Balaban J connectivity index is 1.66. The Kier molecular flexibility index (Phi) is 6.19. The SMILES string of the molecule is CNC(C(=O)NCC(c1cccs1)N1CCOCC1)c1cnn(C)c1. The highest BCUT2D eigenvalue weighted by Gasteiger charge is 2.26. The van der Waals surface area contributed by atoms with Gasteiger partial charge >= 0.3 is 0 Å². The Morgan fingerprint density at radius 1 is 1.44 bits per heavy atom. The second-order valence-corrected chi connectivity index (χ2v) is 7.07. The van der Waals surface area contributed by atoms with Gasteiger partial charge in [0.05, 0.1) is 25.5 Å². The van der Waals surface area contributed by atoms with Crippen LogP contribution < -0.4 is 10.6 Å². The molecule has 1 amide bonds. The highest BCUT2D eigenvalue weighted by atomic mass is 32.1. The van der Waals surface area contributed by atoms with Crippen molar-refractivity contribution in [1.82, 2.24) is 25.3 Å². The molecule has 2 unspecified atom stereocenters. The molecule has 25 heavy (non-hydrogen) atoms. The topological polar surface area (TPSA) is 71.4 Å². The highest BCUT2D eigenvalue weighted by molar-refractivity contribution is 7.10. The van der Waals surface area contributed by atoms with Gasteiger partial charge in [-0.15, -0.1) is 11.3 Å². The lowest BCUT2D eigenvalue weighted by molar-refractivity contribution is -0.123. The lowest BCUT2D eigenvalue weighted by atomic mass is 10.1. The van der Waals surface area contributed by atoms with Gasteiger partial charge in [-0.25, -0.2) is 0 Å². The minimum absolute atomic E-state index is 0.0367. The van der Waals surface area contributed by atoms with Crippen LogP contribution in [0.25, 0.3) is 0 Å². The molecule has 1 aliphatic heterocycles. The second kappa shape index (κ2) is 8.57. The zero-order valence-corrected chi connectivity index (χ0v) is 15.5. The largest absolute Gasteiger partial charge is 0.379 e. The normalized spacial score (nSPS) is 18.0. The zero-order chi connectivity index (χ0) is 17.6. The molecular weight excluding hydrogens is 338 g/mol. The van der Waals surface area contributed by atoms with E-state index in [2.05, 4.69) is 38.1 Å². The van der Waals surface area contributed by atoms with Crippen LogP contribution in [0.15, 0.2) is 29.9 Å². The summed E-state index contributed by atoms with van der Waals surface area (Å²) >= 11 is 1.73. The number of aromatic nitrogens is 2. The van der Waals surface area contributed by atoms with E-state index in [-0.39, 0.29) is 11.9 Å². The van der Waals surface area contributed by atoms with Crippen molar-refractivity contribution >= 4 is 17.2 Å². The molecule has 2 atom stereocenters. The van der Waals surface area contributed by atoms with Crippen LogP contribution in [0.4, 0.5) is 0 Å². The Morgan fingerprint density at radius 3 is 2.84 bits per heavy atom. The smallest absolute Gasteiger partial charge is 0.241 e. The molecule has 2 aromatic heterocycles. The van der Waals surface area contributed by atoms with Crippen LogP contribution in [0.1, 0.15) is 22.5 Å². The number of ether oxygens (including phenoxy) is 1. The van der Waals surface area contributed by atoms with E-state index in [4.69, 9.17) is 4.74 Å². The molecule has 0 aromatic carbocycles. The number of thiophene rings is 1. The van der Waals surface area contributed by atoms with Gasteiger partial charge in [0.15, 0.2) is 0 Å². The van der Waals surface area contributed by atoms with Crippen molar-refractivity contribution < 1.29 is 9.53 Å². The molecule has 1 saturated heterocycles. The molecule has 3 heterocycles. The third kappa shape index (κ3) is 4.46. The predicted octanol–water partition coefficient (Wildman–Crippen LogP) is 0.932. The molecule has 7 nitrogen and oxygen atoms in total. The second-order valence-electron chi connectivity index (χ2n) is 6.09. The van der Waals surface area contributed by atoms with Crippen LogP contribution in [-0.2, 0) is 16.6 Å². The summed E-state index contributed by atoms with van der Waals surface area (Å²) < 4.78 is 7.17. The van der Waals surface area contributed by atoms with Crippen LogP contribution in [0.5, 0.6) is 0 Å². The van der Waals surface area contributed by atoms with E-state index in [0.717, 1.165) is 31.9 Å². The van der Waals surface area contributed by atoms with Crippen molar-refractivity contribution in [2.24, 2.45) is 7.05 Å². The minimum atomic E-state index is -0.401. The summed E-state index contributed by atoms with van der Waals surface area (Å²) in [6.45, 7) is 3.83. The number of aryl methyl sites for hydroxylation is 1. The highest BCUT2D eigenvalue weighted by Crippen LogP contribution is 2.25. The molecular formula is C17H25N5O2S. The molecule has 0 bridgehead atoms. The Morgan fingerprint density at radius 2 is 2.24 bits per heavy atom. The lowest BCUT2D eigenvalue weighted by Crippen LogP contribution is -2.45. The van der Waals surface area contributed by atoms with E-state index in [1.165, 1.54) is 4.88 Å². The van der Waals surface area contributed by atoms with Crippen molar-refractivity contribution in [3.8, 4) is 0 Å². The number of hydrogen-bond acceptors (Lipinski definition) is 6. The van der Waals surface area contributed by atoms with Gasteiger partial charge < -0.3 is 15.4 Å². The zero-order valence-electron chi connectivity index (χ0n) is 14.6. The van der Waals surface area contributed by atoms with E-state index in [1.807, 2.05) is 13.2 Å². The summed E-state index contributed by atoms with van der Waals surface area (Å²) in [6, 6.07) is 3.97. The quantitative estimate of drug-likeness (QED) is 0.766. The summed E-state index contributed by atoms with van der Waals surface area (Å²) in [5, 5.41) is 12.4. The number of carbonyl (C=O) groups excluding carboxylic acids is 1. The average molecular weight is 363 g/mol. The van der Waals surface area contributed by atoms with Gasteiger partial charge in [-0.1, -0.05) is 6.07 Å². The number of nitrogens with zero attached hydrogens (tertiary/aromatic N) is 3. The van der Waals surface area contributed by atoms with Gasteiger partial charge in [0.1, 0.15) is 6.04 Å². The average Bonchev–Trinajstić information content (AvgIpc) is 3.29. The number of carbonyl (C=O) groups is 1. The lowest BCUT2D eigenvalue weighted by Gasteiger charge is -2.34. The van der Waals surface area contributed by atoms with Gasteiger partial charge in [-0.3, -0.25) is 14.4 Å². The molecule has 0 saturated carbocycles. The minimum Gasteiger partial charge on any atom is -0.379 e. The Bertz CT molecular complexity index is 666. The molecule has 8 heteroatoms. The van der Waals surface area contributed by atoms with E-state index in [1.54, 1.807) is 29.3 Å². The summed E-state index contributed by atoms with van der Waals surface area (Å²) in [5.74, 6) is -0.0367. The molecule has 1 aliphatic rings. The molecule has 0 aliphatic carbocycles. The summed E-state index contributed by atoms with van der Waals surface area (Å²) in [6.07, 6.45) is 3.58. The van der Waals surface area contributed by atoms with Crippen molar-refractivity contribution in [3.63, 3.8) is 0 Å². The first-order chi connectivity index (χ1) is 12.2. The molecule has 136 valence electrons. The van der Waals surface area contributed by atoms with Crippen LogP contribution in [0, 0.1) is 0 Å². The third-order valence-electron chi connectivity index (χ3n) is 4.44. The first-order valence-corrected chi connectivity index (χ1v) is 9.35. The van der Waals surface area contributed by atoms with Gasteiger partial charge in [0, 0.05) is 43.3 Å². The number of nitrogens with one attached hydrogen (secondary N) is 2. The maximum atomic E-state index is 12.7. The molecule has 1 fully saturated rings. The fraction of sp³-hybridized carbons (Fsp3) is 0.529. The van der Waals surface area contributed by atoms with E-state index in [9.17, 15) is 4.79 Å². The van der Waals surface area contributed by atoms with Crippen molar-refractivity contribution in [1.29, 1.82) is 0 Å². The first kappa shape index (κ1) is 18.1. The maximum absolute atomic E-state index is 12.7. The number of likely N-dealkylation sites (N-methyl/N-ethyl adjacent to an activating group) is 1. The Hall–Kier alpha value is -1.74. The molecule has 2 aromatic rings. The molecule has 0 spiro atoms. The summed E-state index contributed by atoms with van der Waals surface area (Å²) in [4.78, 5) is 16.3. The van der Waals surface area contributed by atoms with Crippen LogP contribution in [-0.4, -0.2) is 60.5 Å². The molecule has 0 radical (unpaired) electrons. The number of rotatable bonds is 7. The van der Waals surface area contributed by atoms with Crippen molar-refractivity contribution in [2.75, 3.05) is 39.9 Å². The third-order valence-corrected chi connectivity index (χ3v) is 5.41. The monoisotopic (exact) mass is 363 g/mol. The number of morpholine rings is 1. The first-order valence-electron chi connectivity index (χ1n) is 8.47. The Labute approximate surface area is 152 Å². The van der Waals surface area contributed by atoms with Crippen LogP contribution in [0.3, 0.4) is 0 Å². The van der Waals surface area contributed by atoms with Crippen LogP contribution >= 0.6 is 11.3 Å². The summed E-state index contributed by atoms with van der Waals surface area (Å²) in [5.41, 5.74) is 0.863. The fourth-order valence-corrected chi connectivity index (χ4v) is 3.98. The van der Waals surface area contributed by atoms with Gasteiger partial charge in [-0.05, 0) is 18.5 Å². The predicted molar refractivity (Wildman–Crippen MR) is 97.5 cm³/mol. The van der Waals surface area contributed by atoms with Crippen LogP contribution in [0.2, 0.25) is 0 Å². The molecule has 2 N–H and O–H groups in total. The number of hydrogen-bond donors (Lipinski definition) is 2. The maximum Gasteiger partial charge on any atom is 0.241 e. The standard InChI is InChI=1S/C17H25N5O2S/c1-18-16(13-10-20-21(2)12-13)17(23)19-11-14(15-4-3-9-25-15)22-5-7-24-8-6-22/h3-4,9-10,12,14,16,18H,5-8,11H2,1-2H3,(H,19,23). The van der Waals surface area contributed by atoms with E-state index < -0.39 is 6.04 Å². The van der Waals surface area contributed by atoms with Gasteiger partial charge in [0.25, 0.3) is 0 Å². The van der Waals surface area contributed by atoms with Gasteiger partial charge in [0.2, 0.25) is 5.91 Å².